The lowest BCUT2D eigenvalue weighted by molar-refractivity contribution is -0.123. The van der Waals surface area contributed by atoms with Crippen LogP contribution in [0.3, 0.4) is 0 Å². The van der Waals surface area contributed by atoms with E-state index in [1.54, 1.807) is 11.3 Å². The van der Waals surface area contributed by atoms with Gasteiger partial charge in [0, 0.05) is 6.04 Å². The second kappa shape index (κ2) is 7.03. The van der Waals surface area contributed by atoms with Crippen molar-refractivity contribution in [2.24, 2.45) is 0 Å². The molecule has 0 bridgehead atoms. The minimum atomic E-state index is 0.0974. The molecule has 1 aromatic rings. The van der Waals surface area contributed by atoms with Crippen molar-refractivity contribution in [3.63, 3.8) is 0 Å². The average molecular weight is 281 g/mol. The van der Waals surface area contributed by atoms with Gasteiger partial charge < -0.3 is 10.6 Å². The molecule has 0 radical (unpaired) electrons. The molecule has 1 aliphatic rings. The predicted molar refractivity (Wildman–Crippen MR) is 79.4 cm³/mol. The van der Waals surface area contributed by atoms with E-state index in [9.17, 15) is 4.79 Å². The summed E-state index contributed by atoms with van der Waals surface area (Å²) < 4.78 is 0. The number of likely N-dealkylation sites (N-methyl/N-ethyl adjacent to an activating group) is 1. The number of carbonyl (C=O) groups is 1. The fourth-order valence-electron chi connectivity index (χ4n) is 2.49. The van der Waals surface area contributed by atoms with Crippen LogP contribution in [0.2, 0.25) is 0 Å². The van der Waals surface area contributed by atoms with Crippen molar-refractivity contribution in [1.29, 1.82) is 0 Å². The van der Waals surface area contributed by atoms with Gasteiger partial charge in [0.25, 0.3) is 0 Å². The van der Waals surface area contributed by atoms with E-state index in [1.807, 2.05) is 19.4 Å². The third kappa shape index (κ3) is 4.30. The standard InChI is InChI=1S/C14H23N3OS/c1-11(12-5-8-19-10-12)16-14(18)9-17(2)13-3-6-15-7-4-13/h5,8,10-11,13,15H,3-4,6-7,9H2,1-2H3,(H,16,18). The first-order chi connectivity index (χ1) is 9.16. The summed E-state index contributed by atoms with van der Waals surface area (Å²) in [6.45, 7) is 4.63. The summed E-state index contributed by atoms with van der Waals surface area (Å²) in [5.41, 5.74) is 1.18. The van der Waals surface area contributed by atoms with Crippen molar-refractivity contribution in [2.75, 3.05) is 26.7 Å². The van der Waals surface area contributed by atoms with E-state index >= 15 is 0 Å². The molecule has 1 amide bonds. The van der Waals surface area contributed by atoms with Crippen LogP contribution in [-0.4, -0.2) is 43.5 Å². The summed E-state index contributed by atoms with van der Waals surface area (Å²) >= 11 is 1.66. The van der Waals surface area contributed by atoms with Crippen molar-refractivity contribution >= 4 is 17.2 Å². The first kappa shape index (κ1) is 14.5. The molecule has 1 unspecified atom stereocenters. The Kier molecular flexibility index (Phi) is 5.36. The largest absolute Gasteiger partial charge is 0.348 e. The quantitative estimate of drug-likeness (QED) is 0.862. The van der Waals surface area contributed by atoms with Gasteiger partial charge in [-0.3, -0.25) is 9.69 Å². The Balaban J connectivity index is 1.77. The van der Waals surface area contributed by atoms with E-state index in [1.165, 1.54) is 5.56 Å². The van der Waals surface area contributed by atoms with Crippen molar-refractivity contribution in [1.82, 2.24) is 15.5 Å². The van der Waals surface area contributed by atoms with Crippen LogP contribution in [0.1, 0.15) is 31.4 Å². The highest BCUT2D eigenvalue weighted by Gasteiger charge is 2.20. The molecule has 0 aliphatic carbocycles. The zero-order chi connectivity index (χ0) is 13.7. The predicted octanol–water partition coefficient (Wildman–Crippen LogP) is 1.61. The number of hydrogen-bond acceptors (Lipinski definition) is 4. The van der Waals surface area contributed by atoms with Crippen LogP contribution in [0.4, 0.5) is 0 Å². The van der Waals surface area contributed by atoms with Crippen LogP contribution in [0.5, 0.6) is 0 Å². The molecule has 0 saturated carbocycles. The number of nitrogens with zero attached hydrogens (tertiary/aromatic N) is 1. The molecule has 2 heterocycles. The first-order valence-corrected chi connectivity index (χ1v) is 7.83. The SMILES string of the molecule is CC(NC(=O)CN(C)C1CCNCC1)c1ccsc1. The maximum absolute atomic E-state index is 12.0. The highest BCUT2D eigenvalue weighted by atomic mass is 32.1. The average Bonchev–Trinajstić information content (AvgIpc) is 2.93. The van der Waals surface area contributed by atoms with E-state index in [0.717, 1.165) is 25.9 Å². The van der Waals surface area contributed by atoms with Crippen molar-refractivity contribution < 1.29 is 4.79 Å². The molecule has 5 heteroatoms. The molecule has 19 heavy (non-hydrogen) atoms. The normalized spacial score (nSPS) is 18.5. The second-order valence-corrected chi connectivity index (χ2v) is 6.02. The van der Waals surface area contributed by atoms with E-state index in [0.29, 0.717) is 12.6 Å². The molecular formula is C14H23N3OS. The van der Waals surface area contributed by atoms with Crippen LogP contribution in [0, 0.1) is 0 Å². The van der Waals surface area contributed by atoms with Crippen LogP contribution in [-0.2, 0) is 4.79 Å². The third-order valence-corrected chi connectivity index (χ3v) is 4.45. The Hall–Kier alpha value is -0.910. The number of carbonyl (C=O) groups excluding carboxylic acids is 1. The lowest BCUT2D eigenvalue weighted by Crippen LogP contribution is -2.45. The number of amides is 1. The summed E-state index contributed by atoms with van der Waals surface area (Å²) in [6.07, 6.45) is 2.26. The fraction of sp³-hybridized carbons (Fsp3) is 0.643. The van der Waals surface area contributed by atoms with E-state index in [2.05, 4.69) is 27.0 Å². The first-order valence-electron chi connectivity index (χ1n) is 6.89. The lowest BCUT2D eigenvalue weighted by Gasteiger charge is -2.31. The molecule has 2 rings (SSSR count). The van der Waals surface area contributed by atoms with Gasteiger partial charge in [0.1, 0.15) is 0 Å². The summed E-state index contributed by atoms with van der Waals surface area (Å²) in [5.74, 6) is 0.111. The molecule has 106 valence electrons. The van der Waals surface area contributed by atoms with Crippen LogP contribution in [0.15, 0.2) is 16.8 Å². The highest BCUT2D eigenvalue weighted by molar-refractivity contribution is 7.07. The molecule has 2 N–H and O–H groups in total. The van der Waals surface area contributed by atoms with Crippen molar-refractivity contribution in [2.45, 2.75) is 31.8 Å². The lowest BCUT2D eigenvalue weighted by atomic mass is 10.1. The smallest absolute Gasteiger partial charge is 0.234 e. The van der Waals surface area contributed by atoms with Gasteiger partial charge in [-0.2, -0.15) is 11.3 Å². The molecular weight excluding hydrogens is 258 g/mol. The van der Waals surface area contributed by atoms with Crippen LogP contribution in [0.25, 0.3) is 0 Å². The Morgan fingerprint density at radius 2 is 2.32 bits per heavy atom. The van der Waals surface area contributed by atoms with E-state index < -0.39 is 0 Å². The van der Waals surface area contributed by atoms with Crippen LogP contribution >= 0.6 is 11.3 Å². The van der Waals surface area contributed by atoms with Gasteiger partial charge in [0.15, 0.2) is 0 Å². The second-order valence-electron chi connectivity index (χ2n) is 5.24. The molecule has 1 aliphatic heterocycles. The monoisotopic (exact) mass is 281 g/mol. The molecule has 4 nitrogen and oxygen atoms in total. The maximum atomic E-state index is 12.0. The molecule has 1 aromatic heterocycles. The zero-order valence-electron chi connectivity index (χ0n) is 11.7. The van der Waals surface area contributed by atoms with Crippen LogP contribution < -0.4 is 10.6 Å². The number of nitrogens with one attached hydrogen (secondary N) is 2. The summed E-state index contributed by atoms with van der Waals surface area (Å²) in [7, 11) is 2.05. The maximum Gasteiger partial charge on any atom is 0.234 e. The Morgan fingerprint density at radius 1 is 1.58 bits per heavy atom. The van der Waals surface area contributed by atoms with Gasteiger partial charge in [0.2, 0.25) is 5.91 Å². The zero-order valence-corrected chi connectivity index (χ0v) is 12.5. The summed E-state index contributed by atoms with van der Waals surface area (Å²) in [4.78, 5) is 14.2. The fourth-order valence-corrected chi connectivity index (χ4v) is 3.25. The Bertz CT molecular complexity index is 387. The Morgan fingerprint density at radius 3 is 2.95 bits per heavy atom. The molecule has 0 spiro atoms. The Labute approximate surface area is 119 Å². The van der Waals surface area contributed by atoms with E-state index in [-0.39, 0.29) is 11.9 Å². The van der Waals surface area contributed by atoms with Gasteiger partial charge >= 0.3 is 0 Å². The van der Waals surface area contributed by atoms with E-state index in [4.69, 9.17) is 0 Å². The third-order valence-electron chi connectivity index (χ3n) is 3.75. The molecule has 1 fully saturated rings. The summed E-state index contributed by atoms with van der Waals surface area (Å²) in [6, 6.07) is 2.69. The number of piperidine rings is 1. The van der Waals surface area contributed by atoms with Gasteiger partial charge in [-0.05, 0) is 62.3 Å². The molecule has 0 aromatic carbocycles. The van der Waals surface area contributed by atoms with Crippen molar-refractivity contribution in [3.8, 4) is 0 Å². The number of rotatable bonds is 5. The van der Waals surface area contributed by atoms with Gasteiger partial charge in [-0.15, -0.1) is 0 Å². The summed E-state index contributed by atoms with van der Waals surface area (Å²) in [5, 5.41) is 10.5. The van der Waals surface area contributed by atoms with Gasteiger partial charge in [-0.25, -0.2) is 0 Å². The minimum absolute atomic E-state index is 0.0974. The molecule has 1 atom stereocenters. The van der Waals surface area contributed by atoms with Gasteiger partial charge in [-0.1, -0.05) is 0 Å². The topological polar surface area (TPSA) is 44.4 Å². The number of thiophene rings is 1. The van der Waals surface area contributed by atoms with Crippen molar-refractivity contribution in [3.05, 3.63) is 22.4 Å². The molecule has 1 saturated heterocycles. The minimum Gasteiger partial charge on any atom is -0.348 e. The highest BCUT2D eigenvalue weighted by Crippen LogP contribution is 2.15. The number of hydrogen-bond donors (Lipinski definition) is 2. The van der Waals surface area contributed by atoms with Gasteiger partial charge in [0.05, 0.1) is 12.6 Å².